The van der Waals surface area contributed by atoms with Gasteiger partial charge >= 0.3 is 0 Å². The van der Waals surface area contributed by atoms with Gasteiger partial charge in [-0.25, -0.2) is 0 Å². The summed E-state index contributed by atoms with van der Waals surface area (Å²) >= 11 is 1.72. The lowest BCUT2D eigenvalue weighted by Crippen LogP contribution is -2.30. The Kier molecular flexibility index (Phi) is 6.11. The highest BCUT2D eigenvalue weighted by Crippen LogP contribution is 2.04. The van der Waals surface area contributed by atoms with E-state index in [4.69, 9.17) is 0 Å². The summed E-state index contributed by atoms with van der Waals surface area (Å²) < 4.78 is 0. The van der Waals surface area contributed by atoms with Crippen LogP contribution in [0.3, 0.4) is 0 Å². The summed E-state index contributed by atoms with van der Waals surface area (Å²) in [6.45, 7) is 6.43. The van der Waals surface area contributed by atoms with E-state index in [0.29, 0.717) is 0 Å². The Balaban J connectivity index is 1.94. The minimum atomic E-state index is 0.0822. The van der Waals surface area contributed by atoms with Gasteiger partial charge in [-0.1, -0.05) is 13.8 Å². The van der Waals surface area contributed by atoms with E-state index in [1.807, 2.05) is 13.8 Å². The van der Waals surface area contributed by atoms with E-state index in [2.05, 4.69) is 27.5 Å². The molecule has 0 saturated carbocycles. The van der Waals surface area contributed by atoms with Gasteiger partial charge in [-0.15, -0.1) is 0 Å². The fourth-order valence-corrected chi connectivity index (χ4v) is 1.92. The van der Waals surface area contributed by atoms with E-state index in [9.17, 15) is 4.79 Å². The summed E-state index contributed by atoms with van der Waals surface area (Å²) in [5.74, 6) is 0.219. The molecule has 0 bridgehead atoms. The van der Waals surface area contributed by atoms with Gasteiger partial charge < -0.3 is 10.6 Å². The molecule has 1 heterocycles. The van der Waals surface area contributed by atoms with Gasteiger partial charge in [0.05, 0.1) is 0 Å². The lowest BCUT2D eigenvalue weighted by Gasteiger charge is -2.07. The highest BCUT2D eigenvalue weighted by Gasteiger charge is 2.04. The fraction of sp³-hybridized carbons (Fsp3) is 0.583. The molecule has 0 aliphatic carbocycles. The van der Waals surface area contributed by atoms with Crippen LogP contribution in [0.2, 0.25) is 0 Å². The predicted octanol–water partition coefficient (Wildman–Crippen LogP) is 2.00. The normalized spacial score (nSPS) is 10.7. The lowest BCUT2D eigenvalue weighted by atomic mass is 10.2. The van der Waals surface area contributed by atoms with Crippen LogP contribution < -0.4 is 10.6 Å². The Morgan fingerprint density at radius 2 is 2.25 bits per heavy atom. The molecule has 16 heavy (non-hydrogen) atoms. The number of thiophene rings is 1. The summed E-state index contributed by atoms with van der Waals surface area (Å²) in [5, 5.41) is 10.5. The monoisotopic (exact) mass is 240 g/mol. The summed E-state index contributed by atoms with van der Waals surface area (Å²) in [5.41, 5.74) is 1.33. The Morgan fingerprint density at radius 3 is 2.88 bits per heavy atom. The molecule has 0 aliphatic rings. The third-order valence-corrected chi connectivity index (χ3v) is 3.00. The Morgan fingerprint density at radius 1 is 1.44 bits per heavy atom. The number of amides is 1. The minimum Gasteiger partial charge on any atom is -0.356 e. The molecular weight excluding hydrogens is 220 g/mol. The molecule has 1 amide bonds. The number of nitrogens with one attached hydrogen (secondary N) is 2. The van der Waals surface area contributed by atoms with E-state index in [1.54, 1.807) is 11.3 Å². The molecule has 2 N–H and O–H groups in total. The molecule has 0 atom stereocenters. The van der Waals surface area contributed by atoms with Crippen molar-refractivity contribution < 1.29 is 4.79 Å². The van der Waals surface area contributed by atoms with E-state index >= 15 is 0 Å². The molecule has 0 saturated heterocycles. The van der Waals surface area contributed by atoms with Crippen LogP contribution in [0.25, 0.3) is 0 Å². The van der Waals surface area contributed by atoms with E-state index in [0.717, 1.165) is 26.1 Å². The molecule has 3 nitrogen and oxygen atoms in total. The van der Waals surface area contributed by atoms with Crippen LogP contribution in [0.1, 0.15) is 25.8 Å². The smallest absolute Gasteiger partial charge is 0.222 e. The zero-order chi connectivity index (χ0) is 11.8. The molecule has 0 fully saturated rings. The zero-order valence-corrected chi connectivity index (χ0v) is 10.8. The number of carbonyl (C=O) groups excluding carboxylic acids is 1. The van der Waals surface area contributed by atoms with Gasteiger partial charge in [0.25, 0.3) is 0 Å². The minimum absolute atomic E-state index is 0.0822. The topological polar surface area (TPSA) is 41.1 Å². The second-order valence-corrected chi connectivity index (χ2v) is 4.89. The maximum Gasteiger partial charge on any atom is 0.222 e. The average molecular weight is 240 g/mol. The van der Waals surface area contributed by atoms with E-state index < -0.39 is 0 Å². The third kappa shape index (κ3) is 5.28. The van der Waals surface area contributed by atoms with Crippen LogP contribution in [0.15, 0.2) is 16.8 Å². The van der Waals surface area contributed by atoms with Gasteiger partial charge in [-0.2, -0.15) is 11.3 Å². The van der Waals surface area contributed by atoms with Crippen LogP contribution in [0.5, 0.6) is 0 Å². The van der Waals surface area contributed by atoms with Gasteiger partial charge in [0.15, 0.2) is 0 Å². The zero-order valence-electron chi connectivity index (χ0n) is 9.95. The number of rotatable bonds is 7. The van der Waals surface area contributed by atoms with E-state index in [-0.39, 0.29) is 11.8 Å². The quantitative estimate of drug-likeness (QED) is 0.716. The van der Waals surface area contributed by atoms with Crippen molar-refractivity contribution in [3.05, 3.63) is 22.4 Å². The van der Waals surface area contributed by atoms with Gasteiger partial charge in [0.2, 0.25) is 5.91 Å². The largest absolute Gasteiger partial charge is 0.356 e. The predicted molar refractivity (Wildman–Crippen MR) is 68.5 cm³/mol. The van der Waals surface area contributed by atoms with Crippen LogP contribution in [0.4, 0.5) is 0 Å². The maximum atomic E-state index is 11.2. The Bertz CT molecular complexity index is 296. The highest BCUT2D eigenvalue weighted by molar-refractivity contribution is 7.07. The molecule has 0 aromatic carbocycles. The van der Waals surface area contributed by atoms with Crippen LogP contribution in [0, 0.1) is 5.92 Å². The third-order valence-electron chi connectivity index (χ3n) is 2.26. The van der Waals surface area contributed by atoms with E-state index in [1.165, 1.54) is 5.56 Å². The number of hydrogen-bond acceptors (Lipinski definition) is 3. The fourth-order valence-electron chi connectivity index (χ4n) is 1.26. The van der Waals surface area contributed by atoms with Crippen molar-refractivity contribution in [2.75, 3.05) is 13.1 Å². The summed E-state index contributed by atoms with van der Waals surface area (Å²) in [6.07, 6.45) is 0.975. The molecule has 1 aromatic rings. The van der Waals surface area contributed by atoms with Gasteiger partial charge in [-0.3, -0.25) is 4.79 Å². The molecule has 0 aliphatic heterocycles. The number of carbonyl (C=O) groups is 1. The van der Waals surface area contributed by atoms with Crippen LogP contribution >= 0.6 is 11.3 Å². The second-order valence-electron chi connectivity index (χ2n) is 4.11. The molecular formula is C12H20N2OS. The first-order valence-corrected chi connectivity index (χ1v) is 6.64. The number of hydrogen-bond donors (Lipinski definition) is 2. The second kappa shape index (κ2) is 7.41. The molecule has 0 radical (unpaired) electrons. The van der Waals surface area contributed by atoms with Crippen molar-refractivity contribution in [1.29, 1.82) is 0 Å². The van der Waals surface area contributed by atoms with Gasteiger partial charge in [0.1, 0.15) is 0 Å². The van der Waals surface area contributed by atoms with Crippen LogP contribution in [-0.2, 0) is 11.3 Å². The molecule has 0 spiro atoms. The SMILES string of the molecule is CC(C)C(=O)NCCCNCc1ccsc1. The molecule has 0 unspecified atom stereocenters. The first-order valence-electron chi connectivity index (χ1n) is 5.69. The molecule has 4 heteroatoms. The van der Waals surface area contributed by atoms with Gasteiger partial charge in [-0.05, 0) is 35.4 Å². The Hall–Kier alpha value is -0.870. The van der Waals surface area contributed by atoms with Crippen molar-refractivity contribution in [2.24, 2.45) is 5.92 Å². The summed E-state index contributed by atoms with van der Waals surface area (Å²) in [6, 6.07) is 2.12. The molecule has 1 aromatic heterocycles. The average Bonchev–Trinajstić information content (AvgIpc) is 2.75. The van der Waals surface area contributed by atoms with Crippen molar-refractivity contribution in [1.82, 2.24) is 10.6 Å². The summed E-state index contributed by atoms with van der Waals surface area (Å²) in [4.78, 5) is 11.2. The first kappa shape index (κ1) is 13.2. The van der Waals surface area contributed by atoms with Crippen LogP contribution in [-0.4, -0.2) is 19.0 Å². The maximum absolute atomic E-state index is 11.2. The highest BCUT2D eigenvalue weighted by atomic mass is 32.1. The lowest BCUT2D eigenvalue weighted by molar-refractivity contribution is -0.123. The van der Waals surface area contributed by atoms with Crippen molar-refractivity contribution in [3.8, 4) is 0 Å². The first-order chi connectivity index (χ1) is 7.70. The molecule has 90 valence electrons. The standard InChI is InChI=1S/C12H20N2OS/c1-10(2)12(15)14-6-3-5-13-8-11-4-7-16-9-11/h4,7,9-10,13H,3,5-6,8H2,1-2H3,(H,14,15). The summed E-state index contributed by atoms with van der Waals surface area (Å²) in [7, 11) is 0. The van der Waals surface area contributed by atoms with Crippen molar-refractivity contribution in [2.45, 2.75) is 26.8 Å². The van der Waals surface area contributed by atoms with Crippen molar-refractivity contribution in [3.63, 3.8) is 0 Å². The Labute approximate surface area is 101 Å². The van der Waals surface area contributed by atoms with Crippen molar-refractivity contribution >= 4 is 17.2 Å². The van der Waals surface area contributed by atoms with Gasteiger partial charge in [0, 0.05) is 19.0 Å². The molecule has 1 rings (SSSR count).